The smallest absolute Gasteiger partial charge is 0.257 e. The third kappa shape index (κ3) is 3.78. The van der Waals surface area contributed by atoms with E-state index in [0.29, 0.717) is 27.2 Å². The Hall–Kier alpha value is -2.36. The van der Waals surface area contributed by atoms with Crippen molar-refractivity contribution in [3.8, 4) is 5.75 Å². The van der Waals surface area contributed by atoms with Gasteiger partial charge in [0.25, 0.3) is 10.0 Å². The van der Waals surface area contributed by atoms with Crippen LogP contribution in [0.4, 0.5) is 0 Å². The molecule has 0 aliphatic heterocycles. The predicted octanol–water partition coefficient (Wildman–Crippen LogP) is 3.15. The molecule has 7 nitrogen and oxygen atoms in total. The first kappa shape index (κ1) is 20.4. The van der Waals surface area contributed by atoms with E-state index < -0.39 is 20.0 Å². The number of aryl methyl sites for hydroxylation is 1. The number of hydrogen-bond donors (Lipinski definition) is 0. The molecule has 0 aliphatic carbocycles. The van der Waals surface area contributed by atoms with Gasteiger partial charge in [-0.05, 0) is 23.8 Å². The summed E-state index contributed by atoms with van der Waals surface area (Å²) in [4.78, 5) is -0.145. The maximum atomic E-state index is 13.4. The van der Waals surface area contributed by atoms with Crippen molar-refractivity contribution in [2.45, 2.75) is 24.8 Å². The van der Waals surface area contributed by atoms with Crippen LogP contribution < -0.4 is 4.74 Å². The molecule has 0 aliphatic rings. The molecule has 9 heteroatoms. The molecule has 0 fully saturated rings. The van der Waals surface area contributed by atoms with E-state index in [1.54, 1.807) is 36.4 Å². The molecule has 0 spiro atoms. The van der Waals surface area contributed by atoms with Crippen molar-refractivity contribution in [1.82, 2.24) is 3.71 Å². The molecule has 0 amide bonds. The summed E-state index contributed by atoms with van der Waals surface area (Å²) < 4.78 is 62.9. The Bertz CT molecular complexity index is 1200. The summed E-state index contributed by atoms with van der Waals surface area (Å²) in [5.74, 6) is 0.951. The number of ether oxygens (including phenoxy) is 1. The molecule has 0 atom stereocenters. The summed E-state index contributed by atoms with van der Waals surface area (Å²) in [5.41, 5.74) is 0.830. The highest BCUT2D eigenvalue weighted by molar-refractivity contribution is 8.03. The molecule has 0 bridgehead atoms. The van der Waals surface area contributed by atoms with E-state index in [4.69, 9.17) is 9.15 Å². The number of nitrogens with zero attached hydrogens (tertiary/aromatic N) is 1. The van der Waals surface area contributed by atoms with Crippen LogP contribution in [0, 0.1) is 0 Å². The first-order valence-electron chi connectivity index (χ1n) is 8.54. The van der Waals surface area contributed by atoms with E-state index in [0.717, 1.165) is 6.26 Å². The second kappa shape index (κ2) is 7.57. The van der Waals surface area contributed by atoms with E-state index in [1.165, 1.54) is 19.2 Å². The maximum absolute atomic E-state index is 13.4. The lowest BCUT2D eigenvalue weighted by Gasteiger charge is -2.20. The van der Waals surface area contributed by atoms with Gasteiger partial charge >= 0.3 is 0 Å². The minimum atomic E-state index is -4.37. The van der Waals surface area contributed by atoms with Gasteiger partial charge in [-0.25, -0.2) is 16.8 Å². The average molecular weight is 424 g/mol. The SMILES string of the molecule is CCc1cc2c(S(=O)(=O)N(Cc3ccccc3)S(C)(=O)=O)ccc(OC)c2o1. The third-order valence-electron chi connectivity index (χ3n) is 4.30. The van der Waals surface area contributed by atoms with E-state index >= 15 is 0 Å². The molecule has 0 N–H and O–H groups in total. The highest BCUT2D eigenvalue weighted by Crippen LogP contribution is 2.36. The fourth-order valence-corrected chi connectivity index (χ4v) is 6.17. The van der Waals surface area contributed by atoms with Crippen LogP contribution in [0.3, 0.4) is 0 Å². The monoisotopic (exact) mass is 423 g/mol. The summed E-state index contributed by atoms with van der Waals surface area (Å²) in [7, 11) is -6.99. The molecule has 2 aromatic carbocycles. The van der Waals surface area contributed by atoms with Gasteiger partial charge in [0.1, 0.15) is 5.76 Å². The van der Waals surface area contributed by atoms with Crippen LogP contribution in [-0.4, -0.2) is 33.9 Å². The Morgan fingerprint density at radius 2 is 1.71 bits per heavy atom. The second-order valence-electron chi connectivity index (χ2n) is 6.26. The number of sulfonamides is 2. The number of hydrogen-bond acceptors (Lipinski definition) is 6. The number of rotatable bonds is 7. The molecule has 3 aromatic rings. The van der Waals surface area contributed by atoms with Crippen molar-refractivity contribution in [2.75, 3.05) is 13.4 Å². The average Bonchev–Trinajstić information content (AvgIpc) is 3.09. The van der Waals surface area contributed by atoms with Crippen molar-refractivity contribution in [3.05, 3.63) is 59.9 Å². The number of benzene rings is 2. The minimum Gasteiger partial charge on any atom is -0.493 e. The van der Waals surface area contributed by atoms with E-state index in [-0.39, 0.29) is 22.4 Å². The van der Waals surface area contributed by atoms with Crippen LogP contribution in [0.2, 0.25) is 0 Å². The number of fused-ring (bicyclic) bond motifs is 1. The van der Waals surface area contributed by atoms with Crippen molar-refractivity contribution in [3.63, 3.8) is 0 Å². The fraction of sp³-hybridized carbons (Fsp3) is 0.263. The molecule has 150 valence electrons. The Kier molecular flexibility index (Phi) is 5.51. The van der Waals surface area contributed by atoms with Crippen molar-refractivity contribution in [1.29, 1.82) is 0 Å². The molecule has 28 heavy (non-hydrogen) atoms. The molecule has 3 rings (SSSR count). The van der Waals surface area contributed by atoms with Crippen molar-refractivity contribution >= 4 is 31.0 Å². The first-order valence-corrected chi connectivity index (χ1v) is 11.8. The van der Waals surface area contributed by atoms with Gasteiger partial charge in [0.05, 0.1) is 24.8 Å². The Morgan fingerprint density at radius 3 is 2.29 bits per heavy atom. The standard InChI is InChI=1S/C19H21NO6S2/c1-4-15-12-16-18(11-10-17(25-2)19(16)26-15)28(23,24)20(27(3,21)22)13-14-8-6-5-7-9-14/h5-12H,4,13H2,1-3H3. The molecule has 0 saturated heterocycles. The van der Waals surface area contributed by atoms with Gasteiger partial charge in [-0.2, -0.15) is 0 Å². The predicted molar refractivity (Wildman–Crippen MR) is 106 cm³/mol. The fourth-order valence-electron chi connectivity index (χ4n) is 2.91. The molecule has 0 unspecified atom stereocenters. The van der Waals surface area contributed by atoms with Gasteiger partial charge in [0.2, 0.25) is 10.0 Å². The van der Waals surface area contributed by atoms with Crippen LogP contribution in [0.5, 0.6) is 5.75 Å². The van der Waals surface area contributed by atoms with Crippen LogP contribution >= 0.6 is 0 Å². The second-order valence-corrected chi connectivity index (χ2v) is 10.2. The highest BCUT2D eigenvalue weighted by atomic mass is 32.3. The Balaban J connectivity index is 2.20. The lowest BCUT2D eigenvalue weighted by atomic mass is 10.2. The normalized spacial score (nSPS) is 12.6. The third-order valence-corrected chi connectivity index (χ3v) is 8.14. The summed E-state index contributed by atoms with van der Waals surface area (Å²) in [6.45, 7) is 1.57. The van der Waals surface area contributed by atoms with Gasteiger partial charge < -0.3 is 9.15 Å². The lowest BCUT2D eigenvalue weighted by molar-refractivity contribution is 0.407. The summed E-state index contributed by atoms with van der Waals surface area (Å²) in [5, 5.41) is 0.290. The van der Waals surface area contributed by atoms with Crippen LogP contribution in [-0.2, 0) is 33.0 Å². The van der Waals surface area contributed by atoms with Gasteiger partial charge in [0, 0.05) is 11.8 Å². The summed E-state index contributed by atoms with van der Waals surface area (Å²) >= 11 is 0. The lowest BCUT2D eigenvalue weighted by Crippen LogP contribution is -2.35. The van der Waals surface area contributed by atoms with Gasteiger partial charge in [-0.3, -0.25) is 0 Å². The molecular formula is C19H21NO6S2. The highest BCUT2D eigenvalue weighted by Gasteiger charge is 2.35. The topological polar surface area (TPSA) is 93.9 Å². The quantitative estimate of drug-likeness (QED) is 0.579. The van der Waals surface area contributed by atoms with Gasteiger partial charge in [0.15, 0.2) is 11.3 Å². The van der Waals surface area contributed by atoms with E-state index in [1.807, 2.05) is 6.92 Å². The molecule has 1 heterocycles. The van der Waals surface area contributed by atoms with Crippen molar-refractivity contribution in [2.24, 2.45) is 0 Å². The van der Waals surface area contributed by atoms with Crippen LogP contribution in [0.15, 0.2) is 57.8 Å². The van der Waals surface area contributed by atoms with Crippen LogP contribution in [0.25, 0.3) is 11.0 Å². The van der Waals surface area contributed by atoms with Crippen LogP contribution in [0.1, 0.15) is 18.2 Å². The number of furan rings is 1. The number of methoxy groups -OCH3 is 1. The molecule has 1 aromatic heterocycles. The zero-order valence-corrected chi connectivity index (χ0v) is 17.4. The summed E-state index contributed by atoms with van der Waals surface area (Å²) in [6.07, 6.45) is 1.43. The van der Waals surface area contributed by atoms with Gasteiger partial charge in [-0.1, -0.05) is 41.0 Å². The maximum Gasteiger partial charge on any atom is 0.257 e. The molecule has 0 radical (unpaired) electrons. The molecule has 0 saturated carbocycles. The zero-order chi connectivity index (χ0) is 20.5. The first-order chi connectivity index (χ1) is 13.2. The summed E-state index contributed by atoms with van der Waals surface area (Å²) in [6, 6.07) is 13.0. The van der Waals surface area contributed by atoms with Gasteiger partial charge in [-0.15, -0.1) is 0 Å². The molecular weight excluding hydrogens is 402 g/mol. The zero-order valence-electron chi connectivity index (χ0n) is 15.7. The largest absolute Gasteiger partial charge is 0.493 e. The van der Waals surface area contributed by atoms with Crippen molar-refractivity contribution < 1.29 is 26.0 Å². The van der Waals surface area contributed by atoms with E-state index in [2.05, 4.69) is 0 Å². The Labute approximate surface area is 164 Å². The Morgan fingerprint density at radius 1 is 1.04 bits per heavy atom. The minimum absolute atomic E-state index is 0.145. The van der Waals surface area contributed by atoms with E-state index in [9.17, 15) is 16.8 Å².